The average molecular weight is 319 g/mol. The van der Waals surface area contributed by atoms with Crippen LogP contribution in [0.15, 0.2) is 33.6 Å². The molecule has 1 fully saturated rings. The molecule has 7 heteroatoms. The Bertz CT molecular complexity index is 544. The van der Waals surface area contributed by atoms with Gasteiger partial charge in [-0.15, -0.1) is 0 Å². The van der Waals surface area contributed by atoms with E-state index in [1.54, 1.807) is 18.2 Å². The topological polar surface area (TPSA) is 75.3 Å². The van der Waals surface area contributed by atoms with E-state index in [4.69, 9.17) is 0 Å². The molecule has 1 aliphatic heterocycles. The van der Waals surface area contributed by atoms with Crippen molar-refractivity contribution in [1.82, 2.24) is 10.0 Å². The Morgan fingerprint density at radius 2 is 2.06 bits per heavy atom. The van der Waals surface area contributed by atoms with Crippen LogP contribution < -0.4 is 10.0 Å². The van der Waals surface area contributed by atoms with Crippen molar-refractivity contribution in [3.05, 3.63) is 28.7 Å². The summed E-state index contributed by atoms with van der Waals surface area (Å²) in [6, 6.07) is 5.81. The number of hydrogen-bond donors (Lipinski definition) is 2. The minimum atomic E-state index is -3.66. The van der Waals surface area contributed by atoms with Gasteiger partial charge in [-0.05, 0) is 34.5 Å². The number of halogens is 1. The molecule has 0 spiro atoms. The first-order valence-electron chi connectivity index (χ1n) is 5.05. The zero-order valence-electron chi connectivity index (χ0n) is 8.81. The van der Waals surface area contributed by atoms with Gasteiger partial charge in [0.15, 0.2) is 0 Å². The summed E-state index contributed by atoms with van der Waals surface area (Å²) in [5, 5.41) is 2.58. The van der Waals surface area contributed by atoms with Crippen molar-refractivity contribution >= 4 is 31.9 Å². The van der Waals surface area contributed by atoms with Crippen molar-refractivity contribution in [2.24, 2.45) is 0 Å². The minimum Gasteiger partial charge on any atom is -0.355 e. The van der Waals surface area contributed by atoms with Crippen molar-refractivity contribution in [1.29, 1.82) is 0 Å². The summed E-state index contributed by atoms with van der Waals surface area (Å²) in [7, 11) is -3.66. The van der Waals surface area contributed by atoms with E-state index >= 15 is 0 Å². The van der Waals surface area contributed by atoms with Crippen molar-refractivity contribution < 1.29 is 13.2 Å². The van der Waals surface area contributed by atoms with Gasteiger partial charge < -0.3 is 5.32 Å². The standard InChI is InChI=1S/C10H11BrN2O3S/c11-7-3-1-2-4-9(7)17(15,16)13-8-5-6-12-10(8)14/h1-4,8,13H,5-6H2,(H,12,14)/t8-/m0/s1. The molecular formula is C10H11BrN2O3S. The first kappa shape index (κ1) is 12.5. The quantitative estimate of drug-likeness (QED) is 0.857. The molecule has 5 nitrogen and oxygen atoms in total. The molecule has 92 valence electrons. The van der Waals surface area contributed by atoms with Crippen LogP contribution in [-0.2, 0) is 14.8 Å². The Morgan fingerprint density at radius 3 is 2.65 bits per heavy atom. The summed E-state index contributed by atoms with van der Waals surface area (Å²) < 4.78 is 26.9. The van der Waals surface area contributed by atoms with Crippen molar-refractivity contribution in [2.45, 2.75) is 17.4 Å². The van der Waals surface area contributed by atoms with Crippen LogP contribution in [0.4, 0.5) is 0 Å². The van der Waals surface area contributed by atoms with Crippen LogP contribution in [0, 0.1) is 0 Å². The van der Waals surface area contributed by atoms with Crippen LogP contribution in [0.3, 0.4) is 0 Å². The molecule has 0 aliphatic carbocycles. The van der Waals surface area contributed by atoms with Gasteiger partial charge in [0.2, 0.25) is 15.9 Å². The van der Waals surface area contributed by atoms with E-state index in [1.807, 2.05) is 0 Å². The van der Waals surface area contributed by atoms with Crippen molar-refractivity contribution in [3.63, 3.8) is 0 Å². The van der Waals surface area contributed by atoms with Crippen LogP contribution in [-0.4, -0.2) is 26.9 Å². The molecule has 2 N–H and O–H groups in total. The Balaban J connectivity index is 2.25. The van der Waals surface area contributed by atoms with Gasteiger partial charge in [0.05, 0.1) is 4.90 Å². The molecule has 17 heavy (non-hydrogen) atoms. The lowest BCUT2D eigenvalue weighted by Gasteiger charge is -2.11. The number of sulfonamides is 1. The number of carbonyl (C=O) groups is 1. The van der Waals surface area contributed by atoms with Crippen LogP contribution in [0.1, 0.15) is 6.42 Å². The largest absolute Gasteiger partial charge is 0.355 e. The third kappa shape index (κ3) is 2.67. The van der Waals surface area contributed by atoms with Gasteiger partial charge in [0.25, 0.3) is 0 Å². The fourth-order valence-electron chi connectivity index (χ4n) is 1.62. The minimum absolute atomic E-state index is 0.139. The highest BCUT2D eigenvalue weighted by molar-refractivity contribution is 9.10. The fraction of sp³-hybridized carbons (Fsp3) is 0.300. The predicted molar refractivity (Wildman–Crippen MR) is 65.9 cm³/mol. The second-order valence-corrected chi connectivity index (χ2v) is 6.22. The van der Waals surface area contributed by atoms with E-state index in [2.05, 4.69) is 26.0 Å². The lowest BCUT2D eigenvalue weighted by molar-refractivity contribution is -0.120. The zero-order chi connectivity index (χ0) is 12.5. The Kier molecular flexibility index (Phi) is 3.50. The lowest BCUT2D eigenvalue weighted by Crippen LogP contribution is -2.40. The van der Waals surface area contributed by atoms with E-state index in [0.717, 1.165) is 0 Å². The maximum absolute atomic E-state index is 12.0. The van der Waals surface area contributed by atoms with Gasteiger partial charge in [-0.25, -0.2) is 8.42 Å². The molecule has 0 saturated carbocycles. The maximum atomic E-state index is 12.0. The van der Waals surface area contributed by atoms with Crippen LogP contribution in [0.5, 0.6) is 0 Å². The van der Waals surface area contributed by atoms with Gasteiger partial charge >= 0.3 is 0 Å². The normalized spacial score (nSPS) is 20.3. The lowest BCUT2D eigenvalue weighted by atomic mass is 10.3. The Labute approximate surface area is 108 Å². The highest BCUT2D eigenvalue weighted by Crippen LogP contribution is 2.21. The number of carbonyl (C=O) groups excluding carboxylic acids is 1. The van der Waals surface area contributed by atoms with Gasteiger partial charge in [0.1, 0.15) is 6.04 Å². The number of rotatable bonds is 3. The van der Waals surface area contributed by atoms with Crippen LogP contribution >= 0.6 is 15.9 Å². The molecule has 1 aliphatic rings. The van der Waals surface area contributed by atoms with E-state index in [0.29, 0.717) is 17.4 Å². The summed E-state index contributed by atoms with van der Waals surface area (Å²) in [6.45, 7) is 0.502. The monoisotopic (exact) mass is 318 g/mol. The number of hydrogen-bond acceptors (Lipinski definition) is 3. The van der Waals surface area contributed by atoms with Gasteiger partial charge in [-0.1, -0.05) is 12.1 Å². The smallest absolute Gasteiger partial charge is 0.242 e. The molecule has 0 aromatic heterocycles. The second kappa shape index (κ2) is 4.75. The van der Waals surface area contributed by atoms with Crippen molar-refractivity contribution in [3.8, 4) is 0 Å². The predicted octanol–water partition coefficient (Wildman–Crippen LogP) is 0.616. The Morgan fingerprint density at radius 1 is 1.35 bits per heavy atom. The van der Waals surface area contributed by atoms with E-state index in [-0.39, 0.29) is 10.8 Å². The molecule has 2 rings (SSSR count). The summed E-state index contributed by atoms with van der Waals surface area (Å²) >= 11 is 3.18. The highest BCUT2D eigenvalue weighted by atomic mass is 79.9. The first-order valence-corrected chi connectivity index (χ1v) is 7.33. The van der Waals surface area contributed by atoms with Gasteiger partial charge in [-0.3, -0.25) is 4.79 Å². The van der Waals surface area contributed by atoms with Crippen LogP contribution in [0.2, 0.25) is 0 Å². The average Bonchev–Trinajstić information content (AvgIpc) is 2.64. The third-order valence-corrected chi connectivity index (χ3v) is 4.96. The molecule has 1 amide bonds. The highest BCUT2D eigenvalue weighted by Gasteiger charge is 2.29. The second-order valence-electron chi connectivity index (χ2n) is 3.68. The van der Waals surface area contributed by atoms with E-state index in [9.17, 15) is 13.2 Å². The third-order valence-electron chi connectivity index (χ3n) is 2.47. The molecule has 1 atom stereocenters. The number of nitrogens with one attached hydrogen (secondary N) is 2. The fourth-order valence-corrected chi connectivity index (χ4v) is 3.85. The summed E-state index contributed by atoms with van der Waals surface area (Å²) in [5.41, 5.74) is 0. The van der Waals surface area contributed by atoms with Crippen molar-refractivity contribution in [2.75, 3.05) is 6.54 Å². The molecule has 1 aromatic rings. The molecule has 1 saturated heterocycles. The van der Waals surface area contributed by atoms with Crippen LogP contribution in [0.25, 0.3) is 0 Å². The first-order chi connectivity index (χ1) is 8.00. The molecule has 0 unspecified atom stereocenters. The maximum Gasteiger partial charge on any atom is 0.242 e. The van der Waals surface area contributed by atoms with E-state index < -0.39 is 16.1 Å². The number of amides is 1. The molecule has 0 bridgehead atoms. The van der Waals surface area contributed by atoms with Gasteiger partial charge in [0, 0.05) is 11.0 Å². The molecular weight excluding hydrogens is 308 g/mol. The SMILES string of the molecule is O=C1NCC[C@@H]1NS(=O)(=O)c1ccccc1Br. The Hall–Kier alpha value is -0.920. The summed E-state index contributed by atoms with van der Waals surface area (Å²) in [6.07, 6.45) is 0.475. The number of benzene rings is 1. The summed E-state index contributed by atoms with van der Waals surface area (Å²) in [4.78, 5) is 11.5. The molecule has 1 heterocycles. The zero-order valence-corrected chi connectivity index (χ0v) is 11.2. The summed E-state index contributed by atoms with van der Waals surface area (Å²) in [5.74, 6) is -0.277. The molecule has 0 radical (unpaired) electrons. The van der Waals surface area contributed by atoms with E-state index in [1.165, 1.54) is 6.07 Å². The molecule has 1 aromatic carbocycles. The van der Waals surface area contributed by atoms with Gasteiger partial charge in [-0.2, -0.15) is 4.72 Å².